The van der Waals surface area contributed by atoms with Crippen molar-refractivity contribution in [1.82, 2.24) is 0 Å². The first kappa shape index (κ1) is 37.1. The molecule has 10 aliphatic rings. The van der Waals surface area contributed by atoms with E-state index in [2.05, 4.69) is 177 Å². The molecule has 6 atom stereocenters. The molecule has 60 heavy (non-hydrogen) atoms. The van der Waals surface area contributed by atoms with Crippen LogP contribution in [0.15, 0.2) is 166 Å². The van der Waals surface area contributed by atoms with Crippen molar-refractivity contribution >= 4 is 16.7 Å². The highest BCUT2D eigenvalue weighted by atomic mass is 14.6. The molecule has 10 aliphatic carbocycles. The van der Waals surface area contributed by atoms with Crippen molar-refractivity contribution < 1.29 is 0 Å². The van der Waals surface area contributed by atoms with Gasteiger partial charge < -0.3 is 0 Å². The van der Waals surface area contributed by atoms with Gasteiger partial charge in [-0.3, -0.25) is 0 Å². The van der Waals surface area contributed by atoms with Crippen LogP contribution in [0.3, 0.4) is 0 Å². The van der Waals surface area contributed by atoms with E-state index in [1.165, 1.54) is 40.7 Å². The summed E-state index contributed by atoms with van der Waals surface area (Å²) in [6.45, 7) is 20.2. The molecule has 0 bridgehead atoms. The van der Waals surface area contributed by atoms with Gasteiger partial charge in [0.1, 0.15) is 0 Å². The van der Waals surface area contributed by atoms with E-state index >= 15 is 0 Å². The molecule has 0 heteroatoms. The molecule has 0 nitrogen and oxygen atoms in total. The Balaban J connectivity index is 0.801. The van der Waals surface area contributed by atoms with E-state index in [1.54, 1.807) is 61.3 Å². The lowest BCUT2D eigenvalue weighted by Crippen LogP contribution is -2.28. The van der Waals surface area contributed by atoms with Gasteiger partial charge in [-0.2, -0.15) is 0 Å². The summed E-state index contributed by atoms with van der Waals surface area (Å²) in [6, 6.07) is 16.7. The van der Waals surface area contributed by atoms with E-state index in [4.69, 9.17) is 0 Å². The molecule has 2 saturated carbocycles. The van der Waals surface area contributed by atoms with Crippen LogP contribution >= 0.6 is 0 Å². The highest BCUT2D eigenvalue weighted by molar-refractivity contribution is 5.84. The molecule has 12 rings (SSSR count). The van der Waals surface area contributed by atoms with Crippen LogP contribution in [0.5, 0.6) is 0 Å². The zero-order valence-corrected chi connectivity index (χ0v) is 37.3. The molecular formula is C60H62. The summed E-state index contributed by atoms with van der Waals surface area (Å²) < 4.78 is 0. The van der Waals surface area contributed by atoms with Crippen molar-refractivity contribution in [1.29, 1.82) is 0 Å². The summed E-state index contributed by atoms with van der Waals surface area (Å²) in [6.07, 6.45) is 38.9. The SMILES string of the molecule is CC1(C)c2cc(C3=CC=C4C5=CC=C(C6=CC=C7c8ccccc8C(C)(C)C7C6)CC5C(C)(C)C4C3)ccc2C2=CC=C(C3=CC=C4C5=CC=CCC5C(C)(C)C4C3)CC21. The number of allylic oxidation sites excluding steroid dienone is 24. The molecule has 0 spiro atoms. The molecule has 2 aromatic rings. The predicted octanol–water partition coefficient (Wildman–Crippen LogP) is 15.3. The Bertz CT molecular complexity index is 2710. The highest BCUT2D eigenvalue weighted by Crippen LogP contribution is 2.64. The van der Waals surface area contributed by atoms with E-state index < -0.39 is 0 Å². The number of hydrogen-bond acceptors (Lipinski definition) is 0. The fourth-order valence-corrected chi connectivity index (χ4v) is 14.7. The number of rotatable bonds is 3. The van der Waals surface area contributed by atoms with Gasteiger partial charge in [-0.25, -0.2) is 0 Å². The van der Waals surface area contributed by atoms with Gasteiger partial charge in [0.2, 0.25) is 0 Å². The van der Waals surface area contributed by atoms with Crippen LogP contribution in [-0.2, 0) is 10.8 Å². The minimum absolute atomic E-state index is 0.0793. The van der Waals surface area contributed by atoms with E-state index in [9.17, 15) is 0 Å². The van der Waals surface area contributed by atoms with Crippen LogP contribution in [-0.4, -0.2) is 0 Å². The first-order valence-electron chi connectivity index (χ1n) is 23.4. The third-order valence-electron chi connectivity index (χ3n) is 18.6. The van der Waals surface area contributed by atoms with Gasteiger partial charge in [-0.05, 0) is 185 Å². The van der Waals surface area contributed by atoms with Gasteiger partial charge >= 0.3 is 0 Å². The van der Waals surface area contributed by atoms with Crippen molar-refractivity contribution in [2.75, 3.05) is 0 Å². The minimum Gasteiger partial charge on any atom is -0.0839 e. The maximum absolute atomic E-state index is 2.60. The molecule has 2 aromatic carbocycles. The topological polar surface area (TPSA) is 0 Å². The Labute approximate surface area is 360 Å². The van der Waals surface area contributed by atoms with Gasteiger partial charge in [-0.15, -0.1) is 0 Å². The van der Waals surface area contributed by atoms with Crippen LogP contribution < -0.4 is 0 Å². The van der Waals surface area contributed by atoms with E-state index in [1.807, 2.05) is 0 Å². The number of fused-ring (bicyclic) bond motifs is 12. The third-order valence-corrected chi connectivity index (χ3v) is 18.6. The molecule has 0 saturated heterocycles. The zero-order valence-electron chi connectivity index (χ0n) is 37.3. The van der Waals surface area contributed by atoms with Gasteiger partial charge in [-0.1, -0.05) is 177 Å². The molecule has 0 aromatic heterocycles. The zero-order chi connectivity index (χ0) is 41.1. The summed E-state index contributed by atoms with van der Waals surface area (Å²) in [5, 5.41) is 0. The maximum Gasteiger partial charge on any atom is -0.00233 e. The Morgan fingerprint density at radius 3 is 1.40 bits per heavy atom. The fourth-order valence-electron chi connectivity index (χ4n) is 14.7. The molecule has 2 fully saturated rings. The molecule has 302 valence electrons. The fraction of sp³-hybridized carbons (Fsp3) is 0.400. The first-order chi connectivity index (χ1) is 28.7. The summed E-state index contributed by atoms with van der Waals surface area (Å²) in [4.78, 5) is 0. The predicted molar refractivity (Wildman–Crippen MR) is 253 cm³/mol. The Hall–Kier alpha value is -4.68. The quantitative estimate of drug-likeness (QED) is 0.291. The third kappa shape index (κ3) is 4.97. The van der Waals surface area contributed by atoms with E-state index in [-0.39, 0.29) is 16.2 Å². The lowest BCUT2D eigenvalue weighted by molar-refractivity contribution is 0.206. The van der Waals surface area contributed by atoms with Gasteiger partial charge in [0.15, 0.2) is 0 Å². The average Bonchev–Trinajstić information content (AvgIpc) is 3.83. The molecule has 0 aliphatic heterocycles. The van der Waals surface area contributed by atoms with Crippen molar-refractivity contribution in [3.05, 3.63) is 194 Å². The average molecular weight is 783 g/mol. The van der Waals surface area contributed by atoms with Crippen LogP contribution in [0.4, 0.5) is 0 Å². The van der Waals surface area contributed by atoms with Crippen molar-refractivity contribution in [3.8, 4) is 0 Å². The van der Waals surface area contributed by atoms with E-state index in [0.717, 1.165) is 25.7 Å². The molecular weight excluding hydrogens is 721 g/mol. The highest BCUT2D eigenvalue weighted by Gasteiger charge is 2.53. The summed E-state index contributed by atoms with van der Waals surface area (Å²) in [7, 11) is 0. The van der Waals surface area contributed by atoms with E-state index in [0.29, 0.717) is 40.9 Å². The Morgan fingerprint density at radius 2 is 0.817 bits per heavy atom. The normalized spacial score (nSPS) is 32.5. The van der Waals surface area contributed by atoms with Crippen LogP contribution in [0.2, 0.25) is 0 Å². The number of hydrogen-bond donors (Lipinski definition) is 0. The summed E-state index contributed by atoms with van der Waals surface area (Å²) in [5.41, 5.74) is 25.5. The second-order valence-corrected chi connectivity index (χ2v) is 22.6. The standard InChI is InChI=1S/C60H62/c1-57(2)49-15-11-9-13-41(49)43-23-17-35(29-51(43)57)37-19-25-45-47-27-21-39(33-55(47)59(5,6)53(45)31-37)40-22-28-48-46-26-20-38(32-54(46)60(7,8)56(48)34-40)36-18-24-44-42-14-10-12-16-50(42)58(3,4)52(44)30-36/h9-15,17-28,34,50-55H,16,29-33H2,1-8H3. The van der Waals surface area contributed by atoms with Crippen molar-refractivity contribution in [3.63, 3.8) is 0 Å². The smallest absolute Gasteiger partial charge is 0.00233 e. The second-order valence-electron chi connectivity index (χ2n) is 22.6. The largest absolute Gasteiger partial charge is 0.0839 e. The van der Waals surface area contributed by atoms with Crippen LogP contribution in [0.25, 0.3) is 16.7 Å². The lowest BCUT2D eigenvalue weighted by Gasteiger charge is -2.37. The second kappa shape index (κ2) is 12.5. The molecule has 0 heterocycles. The Morgan fingerprint density at radius 1 is 0.383 bits per heavy atom. The van der Waals surface area contributed by atoms with Gasteiger partial charge in [0.25, 0.3) is 0 Å². The molecule has 6 unspecified atom stereocenters. The number of benzene rings is 2. The van der Waals surface area contributed by atoms with Crippen molar-refractivity contribution in [2.24, 2.45) is 46.3 Å². The maximum atomic E-state index is 2.60. The van der Waals surface area contributed by atoms with Crippen molar-refractivity contribution in [2.45, 2.75) is 105 Å². The summed E-state index contributed by atoms with van der Waals surface area (Å²) >= 11 is 0. The first-order valence-corrected chi connectivity index (χ1v) is 23.4. The Kier molecular flexibility index (Phi) is 7.71. The molecule has 0 radical (unpaired) electrons. The van der Waals surface area contributed by atoms with Gasteiger partial charge in [0, 0.05) is 0 Å². The molecule has 0 amide bonds. The lowest BCUT2D eigenvalue weighted by atomic mass is 9.67. The monoisotopic (exact) mass is 782 g/mol. The van der Waals surface area contributed by atoms with Crippen LogP contribution in [0, 0.1) is 46.3 Å². The van der Waals surface area contributed by atoms with Gasteiger partial charge in [0.05, 0.1) is 0 Å². The minimum atomic E-state index is 0.0793. The summed E-state index contributed by atoms with van der Waals surface area (Å²) in [5.74, 6) is 3.40. The molecule has 0 N–H and O–H groups in total. The van der Waals surface area contributed by atoms with Crippen LogP contribution in [0.1, 0.15) is 122 Å².